The van der Waals surface area contributed by atoms with Crippen molar-refractivity contribution in [2.24, 2.45) is 0 Å². The number of hydrogen-bond acceptors (Lipinski definition) is 6. The Hall–Kier alpha value is -2.54. The second-order valence-electron chi connectivity index (χ2n) is 5.53. The van der Waals surface area contributed by atoms with Gasteiger partial charge >= 0.3 is 0 Å². The molecule has 0 amide bonds. The van der Waals surface area contributed by atoms with Gasteiger partial charge in [0.15, 0.2) is 5.13 Å². The molecular formula is C19H19N3O2S. The minimum atomic E-state index is -0.254. The number of hydrogen-bond donors (Lipinski definition) is 3. The van der Waals surface area contributed by atoms with E-state index in [1.54, 1.807) is 12.4 Å². The fraction of sp³-hybridized carbons (Fsp3) is 0.158. The van der Waals surface area contributed by atoms with Gasteiger partial charge in [0, 0.05) is 24.0 Å². The number of aromatic nitrogens is 2. The highest BCUT2D eigenvalue weighted by atomic mass is 32.1. The van der Waals surface area contributed by atoms with Crippen LogP contribution in [0.2, 0.25) is 0 Å². The van der Waals surface area contributed by atoms with Crippen LogP contribution in [0.5, 0.6) is 0 Å². The van der Waals surface area contributed by atoms with Crippen LogP contribution in [0.3, 0.4) is 0 Å². The lowest BCUT2D eigenvalue weighted by molar-refractivity contribution is 0.192. The number of anilines is 1. The number of pyridine rings is 1. The number of nitrogens with one attached hydrogen (secondary N) is 1. The molecule has 0 aliphatic carbocycles. The zero-order chi connectivity index (χ0) is 17.6. The van der Waals surface area contributed by atoms with Crippen molar-refractivity contribution in [3.8, 4) is 10.6 Å². The van der Waals surface area contributed by atoms with Crippen LogP contribution in [0.1, 0.15) is 17.0 Å². The first-order valence-corrected chi connectivity index (χ1v) is 8.68. The molecule has 0 aliphatic rings. The normalized spacial score (nSPS) is 10.8. The van der Waals surface area contributed by atoms with Crippen molar-refractivity contribution in [1.29, 1.82) is 0 Å². The Kier molecular flexibility index (Phi) is 5.55. The first-order chi connectivity index (χ1) is 12.2. The van der Waals surface area contributed by atoms with Gasteiger partial charge in [-0.1, -0.05) is 48.2 Å². The lowest BCUT2D eigenvalue weighted by Gasteiger charge is -2.13. The summed E-state index contributed by atoms with van der Waals surface area (Å²) in [7, 11) is 0. The van der Waals surface area contributed by atoms with E-state index in [4.69, 9.17) is 0 Å². The standard InChI is InChI=1S/C19H19N3O2S/c1-13(14-5-7-15(8-6-14)16(11-23)12-24)22-19-21-10-18(25-19)17-4-2-3-9-20-17/h2-10,16,23-24H,1,11-12H2,(H,21,22). The highest BCUT2D eigenvalue weighted by Crippen LogP contribution is 2.29. The zero-order valence-corrected chi connectivity index (χ0v) is 14.4. The number of nitrogens with zero attached hydrogens (tertiary/aromatic N) is 2. The molecular weight excluding hydrogens is 334 g/mol. The van der Waals surface area contributed by atoms with Crippen molar-refractivity contribution < 1.29 is 10.2 Å². The van der Waals surface area contributed by atoms with E-state index in [0.29, 0.717) is 0 Å². The van der Waals surface area contributed by atoms with E-state index < -0.39 is 0 Å². The summed E-state index contributed by atoms with van der Waals surface area (Å²) in [6.07, 6.45) is 3.55. The van der Waals surface area contributed by atoms with Gasteiger partial charge in [-0.15, -0.1) is 0 Å². The first-order valence-electron chi connectivity index (χ1n) is 7.86. The minimum absolute atomic E-state index is 0.0789. The molecule has 0 fully saturated rings. The maximum atomic E-state index is 9.25. The van der Waals surface area contributed by atoms with Gasteiger partial charge in [-0.25, -0.2) is 4.98 Å². The maximum Gasteiger partial charge on any atom is 0.187 e. The van der Waals surface area contributed by atoms with Gasteiger partial charge in [-0.3, -0.25) is 4.98 Å². The third-order valence-electron chi connectivity index (χ3n) is 3.85. The molecule has 2 heterocycles. The number of thiazole rings is 1. The number of aliphatic hydroxyl groups excluding tert-OH is 2. The summed E-state index contributed by atoms with van der Waals surface area (Å²) in [5, 5.41) is 22.5. The van der Waals surface area contributed by atoms with Gasteiger partial charge in [-0.2, -0.15) is 0 Å². The molecule has 0 radical (unpaired) electrons. The number of benzene rings is 1. The Morgan fingerprint density at radius 3 is 2.48 bits per heavy atom. The maximum absolute atomic E-state index is 9.25. The van der Waals surface area contributed by atoms with Crippen molar-refractivity contribution >= 4 is 22.2 Å². The highest BCUT2D eigenvalue weighted by Gasteiger charge is 2.10. The van der Waals surface area contributed by atoms with Crippen molar-refractivity contribution in [2.75, 3.05) is 18.5 Å². The smallest absolute Gasteiger partial charge is 0.187 e. The SMILES string of the molecule is C=C(Nc1ncc(-c2ccccn2)s1)c1ccc(C(CO)CO)cc1. The lowest BCUT2D eigenvalue weighted by atomic mass is 9.99. The van der Waals surface area contributed by atoms with E-state index in [1.807, 2.05) is 42.5 Å². The van der Waals surface area contributed by atoms with Gasteiger partial charge in [-0.05, 0) is 23.3 Å². The molecule has 0 spiro atoms. The molecule has 1 aromatic carbocycles. The molecule has 0 saturated carbocycles. The number of aliphatic hydroxyl groups is 2. The van der Waals surface area contributed by atoms with E-state index in [9.17, 15) is 10.2 Å². The topological polar surface area (TPSA) is 78.3 Å². The second kappa shape index (κ2) is 8.02. The second-order valence-corrected chi connectivity index (χ2v) is 6.56. The molecule has 5 nitrogen and oxygen atoms in total. The van der Waals surface area contributed by atoms with Crippen LogP contribution in [0.15, 0.2) is 61.4 Å². The Balaban J connectivity index is 1.69. The highest BCUT2D eigenvalue weighted by molar-refractivity contribution is 7.18. The Morgan fingerprint density at radius 1 is 1.08 bits per heavy atom. The van der Waals surface area contributed by atoms with E-state index in [0.717, 1.165) is 32.5 Å². The summed E-state index contributed by atoms with van der Waals surface area (Å²) in [6.45, 7) is 3.90. The van der Waals surface area contributed by atoms with Gasteiger partial charge in [0.2, 0.25) is 0 Å². The Morgan fingerprint density at radius 2 is 1.84 bits per heavy atom. The van der Waals surface area contributed by atoms with Crippen LogP contribution in [0, 0.1) is 0 Å². The van der Waals surface area contributed by atoms with Crippen LogP contribution >= 0.6 is 11.3 Å². The average molecular weight is 353 g/mol. The van der Waals surface area contributed by atoms with Crippen LogP contribution in [0.4, 0.5) is 5.13 Å². The predicted molar refractivity (Wildman–Crippen MR) is 101 cm³/mol. The predicted octanol–water partition coefficient (Wildman–Crippen LogP) is 3.36. The molecule has 25 heavy (non-hydrogen) atoms. The summed E-state index contributed by atoms with van der Waals surface area (Å²) in [5.74, 6) is -0.254. The monoisotopic (exact) mass is 353 g/mol. The summed E-state index contributed by atoms with van der Waals surface area (Å²) in [6, 6.07) is 13.4. The molecule has 2 aromatic heterocycles. The van der Waals surface area contributed by atoms with Gasteiger partial charge in [0.25, 0.3) is 0 Å². The minimum Gasteiger partial charge on any atom is -0.396 e. The Labute approximate surface area is 150 Å². The van der Waals surface area contributed by atoms with Crippen molar-refractivity contribution in [1.82, 2.24) is 9.97 Å². The van der Waals surface area contributed by atoms with Gasteiger partial charge in [0.05, 0.1) is 23.8 Å². The van der Waals surface area contributed by atoms with Crippen molar-refractivity contribution in [3.05, 3.63) is 72.6 Å². The third kappa shape index (κ3) is 4.11. The third-order valence-corrected chi connectivity index (χ3v) is 4.79. The van der Waals surface area contributed by atoms with Crippen LogP contribution < -0.4 is 5.32 Å². The molecule has 3 aromatic rings. The molecule has 0 saturated heterocycles. The van der Waals surface area contributed by atoms with Gasteiger partial charge < -0.3 is 15.5 Å². The van der Waals surface area contributed by atoms with Crippen LogP contribution in [-0.4, -0.2) is 33.4 Å². The molecule has 0 bridgehead atoms. The van der Waals surface area contributed by atoms with E-state index >= 15 is 0 Å². The molecule has 0 aliphatic heterocycles. The molecule has 128 valence electrons. The summed E-state index contributed by atoms with van der Waals surface area (Å²) in [4.78, 5) is 9.68. The molecule has 6 heteroatoms. The van der Waals surface area contributed by atoms with Crippen LogP contribution in [-0.2, 0) is 0 Å². The molecule has 0 atom stereocenters. The van der Waals surface area contributed by atoms with Crippen molar-refractivity contribution in [2.45, 2.75) is 5.92 Å². The lowest BCUT2D eigenvalue weighted by Crippen LogP contribution is -2.08. The Bertz CT molecular complexity index is 827. The zero-order valence-electron chi connectivity index (χ0n) is 13.6. The average Bonchev–Trinajstić information content (AvgIpc) is 3.12. The summed E-state index contributed by atoms with van der Waals surface area (Å²) < 4.78 is 0. The first kappa shape index (κ1) is 17.3. The fourth-order valence-electron chi connectivity index (χ4n) is 2.39. The molecule has 0 unspecified atom stereocenters. The van der Waals surface area contributed by atoms with Crippen molar-refractivity contribution in [3.63, 3.8) is 0 Å². The van der Waals surface area contributed by atoms with E-state index in [2.05, 4.69) is 21.9 Å². The largest absolute Gasteiger partial charge is 0.396 e. The van der Waals surface area contributed by atoms with E-state index in [1.165, 1.54) is 11.3 Å². The number of rotatable bonds is 7. The quantitative estimate of drug-likeness (QED) is 0.607. The summed E-state index contributed by atoms with van der Waals surface area (Å²) >= 11 is 1.51. The van der Waals surface area contributed by atoms with E-state index in [-0.39, 0.29) is 19.1 Å². The van der Waals surface area contributed by atoms with Gasteiger partial charge in [0.1, 0.15) is 0 Å². The molecule has 3 N–H and O–H groups in total. The molecule has 3 rings (SSSR count). The summed E-state index contributed by atoms with van der Waals surface area (Å²) in [5.41, 5.74) is 3.45. The fourth-order valence-corrected chi connectivity index (χ4v) is 3.20. The van der Waals surface area contributed by atoms with Crippen LogP contribution in [0.25, 0.3) is 16.3 Å².